The molecule has 7 rings (SSSR count). The Bertz CT molecular complexity index is 1960. The van der Waals surface area contributed by atoms with Crippen molar-refractivity contribution in [3.8, 4) is 0 Å². The minimum Gasteiger partial charge on any atom is -0.394 e. The van der Waals surface area contributed by atoms with Gasteiger partial charge in [-0.1, -0.05) is 0 Å². The summed E-state index contributed by atoms with van der Waals surface area (Å²) in [5, 5.41) is 110. The molecule has 4 aliphatic rings. The van der Waals surface area contributed by atoms with Gasteiger partial charge < -0.3 is 70.5 Å². The van der Waals surface area contributed by atoms with E-state index in [0.29, 0.717) is 16.7 Å². The van der Waals surface area contributed by atoms with E-state index in [1.807, 2.05) is 18.2 Å². The predicted molar refractivity (Wildman–Crippen MR) is 167 cm³/mol. The van der Waals surface area contributed by atoms with E-state index in [1.54, 1.807) is 30.4 Å². The van der Waals surface area contributed by atoms with E-state index in [-0.39, 0.29) is 17.1 Å². The van der Waals surface area contributed by atoms with Crippen LogP contribution >= 0.6 is 0 Å². The maximum atomic E-state index is 12.2. The minimum absolute atomic E-state index is 0.218. The average Bonchev–Trinajstić information content (AvgIpc) is 3.88. The summed E-state index contributed by atoms with van der Waals surface area (Å²) in [6, 6.07) is 13.5. The summed E-state index contributed by atoms with van der Waals surface area (Å²) >= 11 is 0. The first kappa shape index (κ1) is 32.7. The zero-order valence-corrected chi connectivity index (χ0v) is 25.0. The zero-order valence-electron chi connectivity index (χ0n) is 25.0. The first-order chi connectivity index (χ1) is 22.9. The van der Waals surface area contributed by atoms with E-state index in [4.69, 9.17) is 9.47 Å². The summed E-state index contributed by atoms with van der Waals surface area (Å²) in [5.74, 6) is -6.16. The highest BCUT2D eigenvalue weighted by atomic mass is 16.7. The summed E-state index contributed by atoms with van der Waals surface area (Å²) < 4.78 is 11.3. The van der Waals surface area contributed by atoms with Crippen LogP contribution in [0.1, 0.15) is 22.8 Å². The van der Waals surface area contributed by atoms with Gasteiger partial charge in [0.15, 0.2) is 0 Å². The van der Waals surface area contributed by atoms with Crippen molar-refractivity contribution in [2.75, 3.05) is 13.2 Å². The number of H-pyrrole nitrogens is 2. The van der Waals surface area contributed by atoms with Crippen LogP contribution in [-0.2, 0) is 9.47 Å². The lowest BCUT2D eigenvalue weighted by Gasteiger charge is -2.49. The standard InChI is InChI=1S/C32H34N4O12/c37-11-21-25(39)27(41)29(43)31(45,47-21)23-19-9-17-5-3-15(34-17)7-13-1-2-14(33-13)8-16-4-6-18(35-16)10-20(36-19)24(23)32(46)30(44)28(42)26(40)22(12-38)48-32/h1-10,21-22,25-30,33-34,37-46H,11-12H2/t21-,22-,25-,26-,27+,28+,29-,30-,31?,32?/m1/s1. The summed E-state index contributed by atoms with van der Waals surface area (Å²) in [4.78, 5) is 15.6. The van der Waals surface area contributed by atoms with E-state index in [0.717, 1.165) is 11.0 Å². The maximum absolute atomic E-state index is 12.2. The fourth-order valence-corrected chi connectivity index (χ4v) is 6.52. The Hall–Kier alpha value is -3.88. The monoisotopic (exact) mass is 666 g/mol. The Labute approximate surface area is 270 Å². The Balaban J connectivity index is 1.59. The average molecular weight is 667 g/mol. The molecule has 2 saturated heterocycles. The number of nitrogens with one attached hydrogen (secondary N) is 2. The first-order valence-corrected chi connectivity index (χ1v) is 15.1. The number of nitrogens with zero attached hydrogens (tertiary/aromatic N) is 2. The van der Waals surface area contributed by atoms with Crippen LogP contribution in [0.4, 0.5) is 0 Å². The molecule has 0 spiro atoms. The van der Waals surface area contributed by atoms with E-state index in [9.17, 15) is 51.1 Å². The van der Waals surface area contributed by atoms with Crippen molar-refractivity contribution in [1.29, 1.82) is 0 Å². The predicted octanol–water partition coefficient (Wildman–Crippen LogP) is -2.28. The Morgan fingerprint density at radius 3 is 1.46 bits per heavy atom. The molecule has 16 heteroatoms. The minimum atomic E-state index is -3.08. The summed E-state index contributed by atoms with van der Waals surface area (Å²) in [6.45, 7) is -1.86. The molecular formula is C32H34N4O12. The SMILES string of the molecule is OC[C@H]1OC(O)(C2=C(C3(O)O[C@H](CO)[C@@H](O)[C@H](O)[C@H]3O)c3cc4ccc(cc5ccc(cc6nc(cc2n3)C=C6)[nH]5)[nH]4)[C@H](O)[C@@H](O)[C@@H]1O. The van der Waals surface area contributed by atoms with Crippen molar-refractivity contribution in [3.05, 3.63) is 71.3 Å². The fraction of sp³-hybridized carbons (Fsp3) is 0.375. The second-order valence-corrected chi connectivity index (χ2v) is 12.2. The van der Waals surface area contributed by atoms with E-state index in [2.05, 4.69) is 19.9 Å². The lowest BCUT2D eigenvalue weighted by atomic mass is 9.79. The zero-order chi connectivity index (χ0) is 34.1. The summed E-state index contributed by atoms with van der Waals surface area (Å²) in [7, 11) is 0. The molecule has 8 bridgehead atoms. The molecule has 7 heterocycles. The number of rotatable bonds is 4. The molecule has 0 aliphatic carbocycles. The molecule has 0 aromatic carbocycles. The van der Waals surface area contributed by atoms with Crippen LogP contribution in [-0.4, -0.2) is 145 Å². The molecule has 4 aliphatic heterocycles. The van der Waals surface area contributed by atoms with Crippen LogP contribution in [0.3, 0.4) is 0 Å². The molecule has 0 amide bonds. The highest BCUT2D eigenvalue weighted by Crippen LogP contribution is 2.50. The van der Waals surface area contributed by atoms with Crippen LogP contribution < -0.4 is 0 Å². The lowest BCUT2D eigenvalue weighted by molar-refractivity contribution is -0.327. The van der Waals surface area contributed by atoms with Gasteiger partial charge in [0, 0.05) is 22.1 Å². The van der Waals surface area contributed by atoms with E-state index in [1.165, 1.54) is 12.1 Å². The van der Waals surface area contributed by atoms with Crippen molar-refractivity contribution >= 4 is 45.4 Å². The molecular weight excluding hydrogens is 632 g/mol. The van der Waals surface area contributed by atoms with Gasteiger partial charge in [0.1, 0.15) is 48.8 Å². The lowest BCUT2D eigenvalue weighted by Crippen LogP contribution is -2.67. The number of aliphatic hydroxyl groups is 10. The van der Waals surface area contributed by atoms with E-state index < -0.39 is 84.8 Å². The quantitative estimate of drug-likeness (QED) is 0.109. The van der Waals surface area contributed by atoms with Crippen molar-refractivity contribution in [1.82, 2.24) is 19.9 Å². The molecule has 16 nitrogen and oxygen atoms in total. The van der Waals surface area contributed by atoms with Crippen LogP contribution in [0, 0.1) is 0 Å². The van der Waals surface area contributed by atoms with Gasteiger partial charge in [-0.05, 0) is 60.7 Å². The Morgan fingerprint density at radius 1 is 0.562 bits per heavy atom. The molecule has 10 atom stereocenters. The number of fused-ring (bicyclic) bond motifs is 8. The van der Waals surface area contributed by atoms with E-state index >= 15 is 0 Å². The second kappa shape index (κ2) is 11.9. The van der Waals surface area contributed by atoms with Gasteiger partial charge >= 0.3 is 0 Å². The molecule has 254 valence electrons. The van der Waals surface area contributed by atoms with Gasteiger partial charge in [0.25, 0.3) is 0 Å². The molecule has 3 aromatic rings. The van der Waals surface area contributed by atoms with Gasteiger partial charge in [-0.25, -0.2) is 9.97 Å². The largest absolute Gasteiger partial charge is 0.394 e. The normalized spacial score (nSPS) is 35.3. The number of hydrogen-bond acceptors (Lipinski definition) is 14. The molecule has 3 aromatic heterocycles. The highest BCUT2D eigenvalue weighted by molar-refractivity contribution is 5.99. The first-order valence-electron chi connectivity index (χ1n) is 15.1. The molecule has 0 saturated carbocycles. The van der Waals surface area contributed by atoms with Gasteiger partial charge in [-0.15, -0.1) is 0 Å². The summed E-state index contributed by atoms with van der Waals surface area (Å²) in [5.41, 5.74) is 1.65. The van der Waals surface area contributed by atoms with Crippen LogP contribution in [0.5, 0.6) is 0 Å². The van der Waals surface area contributed by atoms with Crippen LogP contribution in [0.15, 0.2) is 48.5 Å². The number of ether oxygens (including phenoxy) is 2. The maximum Gasteiger partial charge on any atom is 0.225 e. The number of hydrogen-bond donors (Lipinski definition) is 12. The van der Waals surface area contributed by atoms with Crippen molar-refractivity contribution in [3.63, 3.8) is 0 Å². The number of aromatic amines is 2. The third kappa shape index (κ3) is 5.19. The van der Waals surface area contributed by atoms with Crippen molar-refractivity contribution in [2.45, 2.75) is 60.4 Å². The number of aromatic nitrogens is 4. The summed E-state index contributed by atoms with van der Waals surface area (Å²) in [6.07, 6.45) is -12.7. The third-order valence-electron chi connectivity index (χ3n) is 8.99. The Kier molecular flexibility index (Phi) is 8.11. The molecule has 2 fully saturated rings. The van der Waals surface area contributed by atoms with Crippen molar-refractivity contribution < 1.29 is 60.5 Å². The van der Waals surface area contributed by atoms with Crippen LogP contribution in [0.25, 0.3) is 45.4 Å². The van der Waals surface area contributed by atoms with Gasteiger partial charge in [0.05, 0.1) is 47.1 Å². The molecule has 48 heavy (non-hydrogen) atoms. The smallest absolute Gasteiger partial charge is 0.225 e. The third-order valence-corrected chi connectivity index (χ3v) is 8.99. The van der Waals surface area contributed by atoms with Crippen LogP contribution in [0.2, 0.25) is 0 Å². The van der Waals surface area contributed by atoms with Gasteiger partial charge in [0.2, 0.25) is 11.6 Å². The fourth-order valence-electron chi connectivity index (χ4n) is 6.52. The van der Waals surface area contributed by atoms with Gasteiger partial charge in [-0.2, -0.15) is 0 Å². The highest BCUT2D eigenvalue weighted by Gasteiger charge is 2.62. The molecule has 0 radical (unpaired) electrons. The second-order valence-electron chi connectivity index (χ2n) is 12.2. The van der Waals surface area contributed by atoms with Gasteiger partial charge in [-0.3, -0.25) is 0 Å². The Morgan fingerprint density at radius 2 is 0.979 bits per heavy atom. The molecule has 2 unspecified atom stereocenters. The number of aliphatic hydroxyl groups excluding tert-OH is 8. The topological polar surface area (TPSA) is 278 Å². The van der Waals surface area contributed by atoms with Crippen molar-refractivity contribution in [2.24, 2.45) is 0 Å². The molecule has 12 N–H and O–H groups in total.